The maximum absolute atomic E-state index is 12.5. The summed E-state index contributed by atoms with van der Waals surface area (Å²) in [5, 5.41) is 2.94. The van der Waals surface area contributed by atoms with E-state index in [-0.39, 0.29) is 17.4 Å². The number of amides is 1. The molecule has 0 unspecified atom stereocenters. The molecule has 7 heteroatoms. The minimum atomic E-state index is -0.189. The van der Waals surface area contributed by atoms with Gasteiger partial charge in [0.25, 0.3) is 5.91 Å². The molecule has 3 heterocycles. The molecule has 0 bridgehead atoms. The van der Waals surface area contributed by atoms with Crippen molar-refractivity contribution < 1.29 is 4.79 Å². The van der Waals surface area contributed by atoms with E-state index in [9.17, 15) is 9.59 Å². The Kier molecular flexibility index (Phi) is 6.17. The Hall–Kier alpha value is -4.13. The summed E-state index contributed by atoms with van der Waals surface area (Å²) in [7, 11) is 0. The van der Waals surface area contributed by atoms with Crippen molar-refractivity contribution in [2.24, 2.45) is 0 Å². The topological polar surface area (TPSA) is 101 Å². The van der Waals surface area contributed by atoms with Crippen molar-refractivity contribution in [1.82, 2.24) is 19.9 Å². The van der Waals surface area contributed by atoms with Crippen LogP contribution in [0.15, 0.2) is 78.2 Å². The van der Waals surface area contributed by atoms with Crippen LogP contribution in [0.1, 0.15) is 40.0 Å². The average Bonchev–Trinajstić information content (AvgIpc) is 2.80. The van der Waals surface area contributed by atoms with E-state index in [4.69, 9.17) is 4.98 Å². The number of benzene rings is 1. The van der Waals surface area contributed by atoms with Crippen molar-refractivity contribution in [3.63, 3.8) is 0 Å². The fourth-order valence-electron chi connectivity index (χ4n) is 3.45. The first-order valence-electron chi connectivity index (χ1n) is 10.3. The monoisotopic (exact) mass is 425 g/mol. The Morgan fingerprint density at radius 2 is 1.91 bits per heavy atom. The van der Waals surface area contributed by atoms with Crippen LogP contribution in [0.3, 0.4) is 0 Å². The molecule has 1 amide bonds. The van der Waals surface area contributed by atoms with Gasteiger partial charge in [0.2, 0.25) is 5.56 Å². The minimum Gasteiger partial charge on any atom is -0.328 e. The summed E-state index contributed by atoms with van der Waals surface area (Å²) in [6.45, 7) is 4.01. The first kappa shape index (κ1) is 21.1. The molecule has 0 aliphatic heterocycles. The summed E-state index contributed by atoms with van der Waals surface area (Å²) in [6, 6.07) is 12.8. The van der Waals surface area contributed by atoms with Crippen LogP contribution in [0.2, 0.25) is 0 Å². The Balaban J connectivity index is 1.48. The molecule has 0 spiro atoms. The molecule has 2 N–H and O–H groups in total. The number of hydrogen-bond acceptors (Lipinski definition) is 5. The maximum Gasteiger partial charge on any atom is 0.257 e. The van der Waals surface area contributed by atoms with Crippen molar-refractivity contribution in [2.45, 2.75) is 26.2 Å². The van der Waals surface area contributed by atoms with Crippen LogP contribution >= 0.6 is 0 Å². The molecule has 7 nitrogen and oxygen atoms in total. The van der Waals surface area contributed by atoms with Crippen molar-refractivity contribution in [3.05, 3.63) is 106 Å². The van der Waals surface area contributed by atoms with E-state index in [0.29, 0.717) is 17.7 Å². The smallest absolute Gasteiger partial charge is 0.257 e. The second-order valence-electron chi connectivity index (χ2n) is 7.77. The first-order valence-corrected chi connectivity index (χ1v) is 10.3. The van der Waals surface area contributed by atoms with Gasteiger partial charge in [-0.2, -0.15) is 0 Å². The predicted molar refractivity (Wildman–Crippen MR) is 124 cm³/mol. The van der Waals surface area contributed by atoms with Gasteiger partial charge in [0.15, 0.2) is 0 Å². The quantitative estimate of drug-likeness (QED) is 0.484. The van der Waals surface area contributed by atoms with Gasteiger partial charge in [-0.15, -0.1) is 0 Å². The molecule has 0 aliphatic rings. The van der Waals surface area contributed by atoms with Crippen LogP contribution in [0.5, 0.6) is 0 Å². The number of anilines is 1. The number of H-pyrrole nitrogens is 1. The van der Waals surface area contributed by atoms with Gasteiger partial charge in [-0.05, 0) is 54.7 Å². The lowest BCUT2D eigenvalue weighted by Crippen LogP contribution is -2.13. The lowest BCUT2D eigenvalue weighted by atomic mass is 9.96. The van der Waals surface area contributed by atoms with Crippen molar-refractivity contribution in [3.8, 4) is 11.3 Å². The van der Waals surface area contributed by atoms with Gasteiger partial charge in [0.1, 0.15) is 0 Å². The average molecular weight is 425 g/mol. The van der Waals surface area contributed by atoms with Crippen LogP contribution in [0, 0.1) is 6.92 Å². The molecule has 3 aromatic heterocycles. The Morgan fingerprint density at radius 3 is 2.69 bits per heavy atom. The highest BCUT2D eigenvalue weighted by atomic mass is 16.1. The van der Waals surface area contributed by atoms with Gasteiger partial charge >= 0.3 is 0 Å². The second-order valence-corrected chi connectivity index (χ2v) is 7.77. The molecule has 1 atom stereocenters. The lowest BCUT2D eigenvalue weighted by Gasteiger charge is -2.14. The largest absolute Gasteiger partial charge is 0.328 e. The van der Waals surface area contributed by atoms with Crippen molar-refractivity contribution in [2.75, 3.05) is 5.32 Å². The summed E-state index contributed by atoms with van der Waals surface area (Å²) < 4.78 is 0. The van der Waals surface area contributed by atoms with E-state index in [1.54, 1.807) is 37.1 Å². The summed E-state index contributed by atoms with van der Waals surface area (Å²) >= 11 is 0. The number of pyridine rings is 2. The predicted octanol–water partition coefficient (Wildman–Crippen LogP) is 4.13. The van der Waals surface area contributed by atoms with E-state index >= 15 is 0 Å². The number of aryl methyl sites for hydroxylation is 1. The summed E-state index contributed by atoms with van der Waals surface area (Å²) in [6.07, 6.45) is 9.02. The Bertz CT molecular complexity index is 1290. The SMILES string of the molecule is Cc1cncc(C(=O)Nc2cccc([C@H](C)Cc3cncc(-c4ccc(=O)[nH]c4)n3)c2)c1. The van der Waals surface area contributed by atoms with Crippen LogP contribution in [-0.4, -0.2) is 25.8 Å². The van der Waals surface area contributed by atoms with E-state index in [1.165, 1.54) is 6.07 Å². The molecule has 0 saturated carbocycles. The van der Waals surface area contributed by atoms with Gasteiger partial charge in [0, 0.05) is 42.1 Å². The number of aromatic amines is 1. The number of hydrogen-bond donors (Lipinski definition) is 2. The van der Waals surface area contributed by atoms with Crippen LogP contribution < -0.4 is 10.9 Å². The highest BCUT2D eigenvalue weighted by Gasteiger charge is 2.12. The molecule has 0 fully saturated rings. The second kappa shape index (κ2) is 9.34. The van der Waals surface area contributed by atoms with Crippen LogP contribution in [0.4, 0.5) is 5.69 Å². The number of carbonyl (C=O) groups is 1. The summed E-state index contributed by atoms with van der Waals surface area (Å²) in [5.41, 5.74) is 5.48. The highest BCUT2D eigenvalue weighted by Crippen LogP contribution is 2.24. The Morgan fingerprint density at radius 1 is 1.06 bits per heavy atom. The zero-order valence-electron chi connectivity index (χ0n) is 17.9. The highest BCUT2D eigenvalue weighted by molar-refractivity contribution is 6.04. The summed E-state index contributed by atoms with van der Waals surface area (Å²) in [5.74, 6) is -0.0295. The van der Waals surface area contributed by atoms with Crippen molar-refractivity contribution in [1.29, 1.82) is 0 Å². The minimum absolute atomic E-state index is 0.155. The van der Waals surface area contributed by atoms with E-state index in [0.717, 1.165) is 28.1 Å². The van der Waals surface area contributed by atoms with Gasteiger partial charge < -0.3 is 10.3 Å². The first-order chi connectivity index (χ1) is 15.5. The molecule has 160 valence electrons. The van der Waals surface area contributed by atoms with E-state index in [2.05, 4.69) is 27.2 Å². The van der Waals surface area contributed by atoms with Crippen LogP contribution in [-0.2, 0) is 6.42 Å². The molecule has 0 radical (unpaired) electrons. The zero-order chi connectivity index (χ0) is 22.5. The van der Waals surface area contributed by atoms with Gasteiger partial charge in [0.05, 0.1) is 23.1 Å². The third-order valence-electron chi connectivity index (χ3n) is 5.13. The maximum atomic E-state index is 12.5. The van der Waals surface area contributed by atoms with E-state index in [1.807, 2.05) is 37.3 Å². The van der Waals surface area contributed by atoms with E-state index < -0.39 is 0 Å². The third-order valence-corrected chi connectivity index (χ3v) is 5.13. The standard InChI is InChI=1S/C25H23N5O2/c1-16-8-20(12-26-11-16)25(32)30-21-5-3-4-18(10-21)17(2)9-22-14-27-15-23(29-22)19-6-7-24(31)28-13-19/h3-8,10-15,17H,9H2,1-2H3,(H,28,31)(H,30,32)/t17-/m1/s1. The summed E-state index contributed by atoms with van der Waals surface area (Å²) in [4.78, 5) is 39.6. The number of nitrogens with zero attached hydrogens (tertiary/aromatic N) is 3. The third kappa shape index (κ3) is 5.13. The Labute approximate surface area is 185 Å². The molecular formula is C25H23N5O2. The molecule has 32 heavy (non-hydrogen) atoms. The zero-order valence-corrected chi connectivity index (χ0v) is 17.9. The van der Waals surface area contributed by atoms with Gasteiger partial charge in [-0.1, -0.05) is 19.1 Å². The molecule has 1 aromatic carbocycles. The number of nitrogens with one attached hydrogen (secondary N) is 2. The fourth-order valence-corrected chi connectivity index (χ4v) is 3.45. The molecule has 4 aromatic rings. The van der Waals surface area contributed by atoms with Crippen molar-refractivity contribution >= 4 is 11.6 Å². The lowest BCUT2D eigenvalue weighted by molar-refractivity contribution is 0.102. The van der Waals surface area contributed by atoms with Gasteiger partial charge in [-0.25, -0.2) is 4.98 Å². The molecule has 0 aliphatic carbocycles. The fraction of sp³-hybridized carbons (Fsp3) is 0.160. The number of carbonyl (C=O) groups excluding carboxylic acids is 1. The molecular weight excluding hydrogens is 402 g/mol. The normalized spacial score (nSPS) is 11.7. The number of rotatable bonds is 6. The van der Waals surface area contributed by atoms with Crippen LogP contribution in [0.25, 0.3) is 11.3 Å². The number of aromatic nitrogens is 4. The molecule has 4 rings (SSSR count). The molecule has 0 saturated heterocycles. The van der Waals surface area contributed by atoms with Gasteiger partial charge in [-0.3, -0.25) is 19.6 Å².